The molecule has 0 radical (unpaired) electrons. The Labute approximate surface area is 223 Å². The first-order valence-corrected chi connectivity index (χ1v) is 13.2. The molecule has 0 spiro atoms. The lowest BCUT2D eigenvalue weighted by atomic mass is 9.83. The number of Topliss-reactive ketones (excluding diaryl/α,β-unsaturated/α-hetero) is 1. The molecule has 1 fully saturated rings. The predicted octanol–water partition coefficient (Wildman–Crippen LogP) is 4.54. The van der Waals surface area contributed by atoms with Crippen LogP contribution in [-0.2, 0) is 9.59 Å². The van der Waals surface area contributed by atoms with Crippen molar-refractivity contribution in [1.29, 1.82) is 0 Å². The Hall–Kier alpha value is -3.00. The van der Waals surface area contributed by atoms with Gasteiger partial charge in [-0.3, -0.25) is 24.4 Å². The third-order valence-corrected chi connectivity index (χ3v) is 7.33. The van der Waals surface area contributed by atoms with E-state index in [1.807, 2.05) is 50.2 Å². The zero-order chi connectivity index (χ0) is 26.4. The normalized spacial score (nSPS) is 19.5. The second kappa shape index (κ2) is 12.5. The summed E-state index contributed by atoms with van der Waals surface area (Å²) in [5, 5.41) is 14.1. The third-order valence-electron chi connectivity index (χ3n) is 7.09. The minimum absolute atomic E-state index is 0.0128. The molecule has 1 unspecified atom stereocenters. The molecule has 2 N–H and O–H groups in total. The van der Waals surface area contributed by atoms with Crippen LogP contribution in [0.15, 0.2) is 58.8 Å². The molecule has 196 valence electrons. The number of piperazine rings is 1. The highest BCUT2D eigenvalue weighted by Crippen LogP contribution is 2.33. The number of aliphatic hydroxyl groups is 1. The molecule has 1 aliphatic heterocycles. The average molecular weight is 523 g/mol. The summed E-state index contributed by atoms with van der Waals surface area (Å²) in [5.41, 5.74) is 4.33. The van der Waals surface area contributed by atoms with Gasteiger partial charge in [-0.2, -0.15) is 0 Å². The molecule has 2 aliphatic rings. The Morgan fingerprint density at radius 1 is 1.08 bits per heavy atom. The van der Waals surface area contributed by atoms with Crippen molar-refractivity contribution in [2.45, 2.75) is 32.6 Å². The Bertz CT molecular complexity index is 1180. The summed E-state index contributed by atoms with van der Waals surface area (Å²) >= 11 is 5.99. The van der Waals surface area contributed by atoms with Crippen LogP contribution in [0.25, 0.3) is 0 Å². The summed E-state index contributed by atoms with van der Waals surface area (Å²) in [5.74, 6) is 0.0576. The van der Waals surface area contributed by atoms with Crippen LogP contribution >= 0.6 is 11.6 Å². The number of amides is 1. The van der Waals surface area contributed by atoms with Gasteiger partial charge < -0.3 is 10.4 Å². The second-order valence-corrected chi connectivity index (χ2v) is 10.4. The molecule has 1 heterocycles. The van der Waals surface area contributed by atoms with E-state index in [1.54, 1.807) is 12.3 Å². The molecule has 4 rings (SSSR count). The van der Waals surface area contributed by atoms with Crippen LogP contribution in [0.5, 0.6) is 0 Å². The van der Waals surface area contributed by atoms with Gasteiger partial charge in [0.25, 0.3) is 0 Å². The number of nitrogens with one attached hydrogen (secondary N) is 1. The molecule has 0 aromatic heterocycles. The number of rotatable bonds is 8. The fraction of sp³-hybridized carbons (Fsp3) is 0.414. The minimum atomic E-state index is -0.0567. The lowest BCUT2D eigenvalue weighted by Gasteiger charge is -2.34. The lowest BCUT2D eigenvalue weighted by molar-refractivity contribution is -0.118. The van der Waals surface area contributed by atoms with E-state index in [1.165, 1.54) is 5.56 Å². The number of carbonyl (C=O) groups is 2. The first-order valence-electron chi connectivity index (χ1n) is 12.8. The van der Waals surface area contributed by atoms with Gasteiger partial charge in [0.05, 0.1) is 18.7 Å². The summed E-state index contributed by atoms with van der Waals surface area (Å²) < 4.78 is 0. The molecule has 2 aromatic rings. The SMILES string of the molecule is Cc1ccc(C2CC(=O)C(C=NCCN3CCN(CC(=O)Nc4ccc(Cl)cc4C)CC3)=C(O)C2)cc1. The quantitative estimate of drug-likeness (QED) is 0.497. The highest BCUT2D eigenvalue weighted by Gasteiger charge is 2.27. The minimum Gasteiger partial charge on any atom is -0.511 e. The van der Waals surface area contributed by atoms with Gasteiger partial charge in [0, 0.05) is 62.5 Å². The van der Waals surface area contributed by atoms with E-state index in [2.05, 4.69) is 20.1 Å². The summed E-state index contributed by atoms with van der Waals surface area (Å²) in [4.78, 5) is 34.0. The highest BCUT2D eigenvalue weighted by molar-refractivity contribution is 6.30. The molecular weight excluding hydrogens is 488 g/mol. The van der Waals surface area contributed by atoms with E-state index in [4.69, 9.17) is 11.6 Å². The second-order valence-electron chi connectivity index (χ2n) is 9.96. The van der Waals surface area contributed by atoms with Crippen LogP contribution in [0.2, 0.25) is 5.02 Å². The van der Waals surface area contributed by atoms with Crippen LogP contribution < -0.4 is 5.32 Å². The van der Waals surface area contributed by atoms with Crippen molar-refractivity contribution in [3.63, 3.8) is 0 Å². The maximum atomic E-state index is 12.7. The number of ketones is 1. The van der Waals surface area contributed by atoms with Crippen molar-refractivity contribution in [2.75, 3.05) is 51.1 Å². The summed E-state index contributed by atoms with van der Waals surface area (Å²) in [7, 11) is 0. The van der Waals surface area contributed by atoms with Crippen molar-refractivity contribution in [3.8, 4) is 0 Å². The molecule has 2 aromatic carbocycles. The topological polar surface area (TPSA) is 85.2 Å². The van der Waals surface area contributed by atoms with E-state index < -0.39 is 0 Å². The van der Waals surface area contributed by atoms with Crippen molar-refractivity contribution in [1.82, 2.24) is 9.80 Å². The van der Waals surface area contributed by atoms with Gasteiger partial charge >= 0.3 is 0 Å². The average Bonchev–Trinajstić information content (AvgIpc) is 2.86. The predicted molar refractivity (Wildman–Crippen MR) is 149 cm³/mol. The number of hydrogen-bond acceptors (Lipinski definition) is 6. The van der Waals surface area contributed by atoms with Gasteiger partial charge in [-0.15, -0.1) is 0 Å². The molecule has 1 amide bonds. The maximum absolute atomic E-state index is 12.7. The van der Waals surface area contributed by atoms with E-state index in [0.29, 0.717) is 36.5 Å². The van der Waals surface area contributed by atoms with Crippen molar-refractivity contribution in [3.05, 3.63) is 75.5 Å². The monoisotopic (exact) mass is 522 g/mol. The molecule has 1 atom stereocenters. The Morgan fingerprint density at radius 2 is 1.78 bits per heavy atom. The first kappa shape index (κ1) is 27.0. The largest absolute Gasteiger partial charge is 0.511 e. The number of aliphatic imine (C=N–C) groups is 1. The summed E-state index contributed by atoms with van der Waals surface area (Å²) in [6.07, 6.45) is 2.40. The molecule has 1 aliphatic carbocycles. The fourth-order valence-electron chi connectivity index (χ4n) is 4.82. The van der Waals surface area contributed by atoms with Crippen molar-refractivity contribution >= 4 is 35.2 Å². The highest BCUT2D eigenvalue weighted by atomic mass is 35.5. The third kappa shape index (κ3) is 7.51. The number of halogens is 1. The van der Waals surface area contributed by atoms with Crippen molar-refractivity contribution < 1.29 is 14.7 Å². The van der Waals surface area contributed by atoms with E-state index in [0.717, 1.165) is 49.5 Å². The van der Waals surface area contributed by atoms with Crippen LogP contribution in [-0.4, -0.2) is 78.6 Å². The molecule has 37 heavy (non-hydrogen) atoms. The number of carbonyl (C=O) groups excluding carboxylic acids is 2. The Kier molecular flexibility index (Phi) is 9.14. The van der Waals surface area contributed by atoms with Gasteiger partial charge in [0.2, 0.25) is 5.91 Å². The lowest BCUT2D eigenvalue weighted by Crippen LogP contribution is -2.49. The van der Waals surface area contributed by atoms with Crippen LogP contribution in [0.3, 0.4) is 0 Å². The van der Waals surface area contributed by atoms with Gasteiger partial charge in [0.15, 0.2) is 5.78 Å². The number of nitrogens with zero attached hydrogens (tertiary/aromatic N) is 3. The number of allylic oxidation sites excluding steroid dienone is 2. The van der Waals surface area contributed by atoms with Gasteiger partial charge in [0.1, 0.15) is 5.76 Å². The summed E-state index contributed by atoms with van der Waals surface area (Å²) in [6.45, 7) is 8.96. The van der Waals surface area contributed by atoms with E-state index in [9.17, 15) is 14.7 Å². The number of anilines is 1. The number of hydrogen-bond donors (Lipinski definition) is 2. The van der Waals surface area contributed by atoms with Crippen LogP contribution in [0, 0.1) is 13.8 Å². The number of aryl methyl sites for hydroxylation is 2. The smallest absolute Gasteiger partial charge is 0.238 e. The molecule has 0 saturated carbocycles. The standard InChI is InChI=1S/C29H35ClN4O3/c1-20-3-5-22(6-4-20)23-16-27(35)25(28(36)17-23)18-31-9-10-33-11-13-34(14-12-33)19-29(37)32-26-8-7-24(30)15-21(26)2/h3-8,15,18,23,35H,9-14,16-17,19H2,1-2H3,(H,32,37). The van der Waals surface area contributed by atoms with E-state index in [-0.39, 0.29) is 23.4 Å². The first-order chi connectivity index (χ1) is 17.8. The molecule has 7 nitrogen and oxygen atoms in total. The molecule has 8 heteroatoms. The zero-order valence-corrected chi connectivity index (χ0v) is 22.3. The molecule has 1 saturated heterocycles. The zero-order valence-electron chi connectivity index (χ0n) is 21.5. The summed E-state index contributed by atoms with van der Waals surface area (Å²) in [6, 6.07) is 13.6. The van der Waals surface area contributed by atoms with Crippen LogP contribution in [0.1, 0.15) is 35.4 Å². The molecule has 0 bridgehead atoms. The maximum Gasteiger partial charge on any atom is 0.238 e. The van der Waals surface area contributed by atoms with Gasteiger partial charge in [-0.05, 0) is 49.1 Å². The molecular formula is C29H35ClN4O3. The van der Waals surface area contributed by atoms with Crippen LogP contribution in [0.4, 0.5) is 5.69 Å². The number of benzene rings is 2. The van der Waals surface area contributed by atoms with E-state index >= 15 is 0 Å². The Balaban J connectivity index is 1.18. The van der Waals surface area contributed by atoms with Gasteiger partial charge in [-0.1, -0.05) is 41.4 Å². The van der Waals surface area contributed by atoms with Crippen molar-refractivity contribution in [2.24, 2.45) is 4.99 Å². The van der Waals surface area contributed by atoms with Gasteiger partial charge in [-0.25, -0.2) is 0 Å². The Morgan fingerprint density at radius 3 is 2.46 bits per heavy atom. The fourth-order valence-corrected chi connectivity index (χ4v) is 5.04. The number of aliphatic hydroxyl groups excluding tert-OH is 1.